The summed E-state index contributed by atoms with van der Waals surface area (Å²) in [5.41, 5.74) is 1.18. The van der Waals surface area contributed by atoms with Crippen molar-refractivity contribution in [2.45, 2.75) is 31.0 Å². The van der Waals surface area contributed by atoms with Crippen molar-refractivity contribution in [3.05, 3.63) is 59.7 Å². The number of halogens is 3. The second-order valence-electron chi connectivity index (χ2n) is 7.04. The molecule has 0 aliphatic carbocycles. The molecule has 0 bridgehead atoms. The van der Waals surface area contributed by atoms with E-state index in [4.69, 9.17) is 9.47 Å². The van der Waals surface area contributed by atoms with Crippen LogP contribution in [0.1, 0.15) is 29.9 Å². The van der Waals surface area contributed by atoms with Crippen molar-refractivity contribution in [1.29, 1.82) is 0 Å². The predicted octanol–water partition coefficient (Wildman–Crippen LogP) is 4.49. The molecule has 0 unspecified atom stereocenters. The van der Waals surface area contributed by atoms with Crippen LogP contribution in [0.4, 0.5) is 13.2 Å². The molecule has 4 rings (SSSR count). The van der Waals surface area contributed by atoms with Gasteiger partial charge in [0.05, 0.1) is 5.92 Å². The molecular weight excluding hydrogens is 371 g/mol. The summed E-state index contributed by atoms with van der Waals surface area (Å²) < 4.78 is 51.1. The highest BCUT2D eigenvalue weighted by molar-refractivity contribution is 5.90. The van der Waals surface area contributed by atoms with Gasteiger partial charge in [-0.3, -0.25) is 4.79 Å². The van der Waals surface area contributed by atoms with Crippen molar-refractivity contribution in [3.8, 4) is 11.5 Å². The fourth-order valence-corrected chi connectivity index (χ4v) is 3.92. The first-order valence-corrected chi connectivity index (χ1v) is 9.25. The fraction of sp³-hybridized carbons (Fsp3) is 0.381. The van der Waals surface area contributed by atoms with E-state index < -0.39 is 30.6 Å². The molecule has 2 aromatic rings. The van der Waals surface area contributed by atoms with Gasteiger partial charge in [0.15, 0.2) is 0 Å². The Bertz CT molecular complexity index is 816. The second-order valence-corrected chi connectivity index (χ2v) is 7.04. The Morgan fingerprint density at radius 3 is 2.04 bits per heavy atom. The number of hydrogen-bond acceptors (Lipinski definition) is 3. The summed E-state index contributed by atoms with van der Waals surface area (Å²) in [5, 5.41) is 0. The molecule has 1 saturated heterocycles. The van der Waals surface area contributed by atoms with Crippen LogP contribution >= 0.6 is 0 Å². The van der Waals surface area contributed by atoms with Crippen molar-refractivity contribution in [2.75, 3.05) is 19.8 Å². The number of ether oxygens (including phenoxy) is 2. The Hall–Kier alpha value is -2.54. The molecule has 0 N–H and O–H groups in total. The van der Waals surface area contributed by atoms with Crippen LogP contribution in [0.5, 0.6) is 11.5 Å². The molecule has 148 valence electrons. The molecule has 0 radical (unpaired) electrons. The molecule has 0 atom stereocenters. The maximum atomic E-state index is 13.5. The van der Waals surface area contributed by atoms with E-state index in [1.54, 1.807) is 48.5 Å². The molecule has 1 amide bonds. The minimum absolute atomic E-state index is 0.354. The van der Waals surface area contributed by atoms with E-state index in [9.17, 15) is 18.0 Å². The number of hydrogen-bond donors (Lipinski definition) is 0. The highest BCUT2D eigenvalue weighted by Gasteiger charge is 2.42. The number of para-hydroxylation sites is 2. The molecule has 2 aliphatic heterocycles. The van der Waals surface area contributed by atoms with Gasteiger partial charge in [-0.05, 0) is 25.0 Å². The normalized spacial score (nSPS) is 17.4. The van der Waals surface area contributed by atoms with E-state index in [1.165, 1.54) is 0 Å². The van der Waals surface area contributed by atoms with Gasteiger partial charge in [0.2, 0.25) is 5.91 Å². The fourth-order valence-electron chi connectivity index (χ4n) is 3.92. The van der Waals surface area contributed by atoms with E-state index >= 15 is 0 Å². The van der Waals surface area contributed by atoms with Crippen LogP contribution in [0.25, 0.3) is 0 Å². The van der Waals surface area contributed by atoms with Crippen molar-refractivity contribution in [3.63, 3.8) is 0 Å². The first-order valence-electron chi connectivity index (χ1n) is 9.25. The number of nitrogens with zero attached hydrogens (tertiary/aromatic N) is 1. The summed E-state index contributed by atoms with van der Waals surface area (Å²) in [6, 6.07) is 13.5. The average molecular weight is 391 g/mol. The van der Waals surface area contributed by atoms with Gasteiger partial charge in [-0.15, -0.1) is 0 Å². The lowest BCUT2D eigenvalue weighted by Gasteiger charge is -2.38. The minimum atomic E-state index is -4.47. The van der Waals surface area contributed by atoms with Crippen LogP contribution in [0.15, 0.2) is 48.5 Å². The highest BCUT2D eigenvalue weighted by atomic mass is 19.4. The Labute approximate surface area is 160 Å². The van der Waals surface area contributed by atoms with E-state index in [1.807, 2.05) is 0 Å². The van der Waals surface area contributed by atoms with E-state index in [0.717, 1.165) is 4.90 Å². The van der Waals surface area contributed by atoms with Crippen LogP contribution in [0.2, 0.25) is 0 Å². The third-order valence-corrected chi connectivity index (χ3v) is 5.19. The summed E-state index contributed by atoms with van der Waals surface area (Å²) in [6.07, 6.45) is -3.68. The zero-order valence-electron chi connectivity index (χ0n) is 15.1. The zero-order valence-corrected chi connectivity index (χ0v) is 15.1. The number of rotatable bonds is 3. The minimum Gasteiger partial charge on any atom is -0.457 e. The van der Waals surface area contributed by atoms with Crippen LogP contribution in [-0.4, -0.2) is 42.8 Å². The number of alkyl halides is 3. The molecule has 2 aliphatic rings. The van der Waals surface area contributed by atoms with E-state index in [0.29, 0.717) is 48.7 Å². The maximum Gasteiger partial charge on any atom is 0.406 e. The Morgan fingerprint density at radius 1 is 0.964 bits per heavy atom. The summed E-state index contributed by atoms with van der Waals surface area (Å²) in [6.45, 7) is -0.557. The Balaban J connectivity index is 1.76. The number of carbonyl (C=O) groups is 1. The highest BCUT2D eigenvalue weighted by Crippen LogP contribution is 2.45. The van der Waals surface area contributed by atoms with Gasteiger partial charge in [0, 0.05) is 30.4 Å². The third kappa shape index (κ3) is 3.71. The maximum absolute atomic E-state index is 13.5. The van der Waals surface area contributed by atoms with Gasteiger partial charge in [-0.2, -0.15) is 13.2 Å². The third-order valence-electron chi connectivity index (χ3n) is 5.19. The molecule has 0 spiro atoms. The van der Waals surface area contributed by atoms with Crippen LogP contribution in [0, 0.1) is 0 Å². The van der Waals surface area contributed by atoms with Gasteiger partial charge < -0.3 is 14.4 Å². The molecule has 2 aromatic carbocycles. The standard InChI is InChI=1S/C21H20F3NO3/c22-21(23,24)13-25(14-9-11-27-12-10-14)20(26)19-15-5-1-3-7-17(15)28-18-8-4-2-6-16(18)19/h1-8,14,19H,9-13H2. The molecule has 0 saturated carbocycles. The summed E-state index contributed by atoms with van der Waals surface area (Å²) in [5.74, 6) is -0.379. The van der Waals surface area contributed by atoms with Crippen molar-refractivity contribution < 1.29 is 27.4 Å². The molecule has 1 fully saturated rings. The van der Waals surface area contributed by atoms with Crippen LogP contribution < -0.4 is 4.74 Å². The molecule has 4 nitrogen and oxygen atoms in total. The number of amides is 1. The molecule has 7 heteroatoms. The number of carbonyl (C=O) groups excluding carboxylic acids is 1. The quantitative estimate of drug-likeness (QED) is 0.774. The average Bonchev–Trinajstić information content (AvgIpc) is 2.69. The van der Waals surface area contributed by atoms with Crippen LogP contribution in [-0.2, 0) is 9.53 Å². The van der Waals surface area contributed by atoms with Crippen molar-refractivity contribution >= 4 is 5.91 Å². The first-order chi connectivity index (χ1) is 13.4. The molecule has 2 heterocycles. The van der Waals surface area contributed by atoms with Crippen molar-refractivity contribution in [2.24, 2.45) is 0 Å². The second kappa shape index (κ2) is 7.47. The number of benzene rings is 2. The first kappa shape index (κ1) is 18.8. The Morgan fingerprint density at radius 2 is 1.50 bits per heavy atom. The lowest BCUT2D eigenvalue weighted by atomic mass is 9.86. The summed E-state index contributed by atoms with van der Waals surface area (Å²) in [4.78, 5) is 14.5. The largest absolute Gasteiger partial charge is 0.457 e. The number of fused-ring (bicyclic) bond motifs is 2. The smallest absolute Gasteiger partial charge is 0.406 e. The molecular formula is C21H20F3NO3. The van der Waals surface area contributed by atoms with E-state index in [2.05, 4.69) is 0 Å². The topological polar surface area (TPSA) is 38.8 Å². The SMILES string of the molecule is O=C(C1c2ccccc2Oc2ccccc21)N(CC(F)(F)F)C1CCOCC1. The molecule has 28 heavy (non-hydrogen) atoms. The predicted molar refractivity (Wildman–Crippen MR) is 96.4 cm³/mol. The van der Waals surface area contributed by atoms with Gasteiger partial charge in [-0.25, -0.2) is 0 Å². The Kier molecular flexibility index (Phi) is 5.02. The van der Waals surface area contributed by atoms with Gasteiger partial charge in [0.25, 0.3) is 0 Å². The zero-order chi connectivity index (χ0) is 19.7. The van der Waals surface area contributed by atoms with E-state index in [-0.39, 0.29) is 0 Å². The van der Waals surface area contributed by atoms with Crippen molar-refractivity contribution in [1.82, 2.24) is 4.90 Å². The molecule has 0 aromatic heterocycles. The monoisotopic (exact) mass is 391 g/mol. The lowest BCUT2D eigenvalue weighted by Crippen LogP contribution is -2.50. The summed E-state index contributed by atoms with van der Waals surface area (Å²) >= 11 is 0. The lowest BCUT2D eigenvalue weighted by molar-refractivity contribution is -0.169. The van der Waals surface area contributed by atoms with Gasteiger partial charge in [0.1, 0.15) is 18.0 Å². The van der Waals surface area contributed by atoms with Gasteiger partial charge >= 0.3 is 6.18 Å². The van der Waals surface area contributed by atoms with Gasteiger partial charge in [-0.1, -0.05) is 36.4 Å². The summed E-state index contributed by atoms with van der Waals surface area (Å²) in [7, 11) is 0. The van der Waals surface area contributed by atoms with Crippen LogP contribution in [0.3, 0.4) is 0 Å².